The van der Waals surface area contributed by atoms with Gasteiger partial charge < -0.3 is 25.8 Å². The molecule has 0 radical (unpaired) electrons. The van der Waals surface area contributed by atoms with Crippen LogP contribution in [0, 0.1) is 0 Å². The second-order valence-electron chi connectivity index (χ2n) is 3.03. The number of carbonyl (C=O) groups excluding carboxylic acids is 1. The number of carbonyl (C=O) groups is 4. The second-order valence-corrected chi connectivity index (χ2v) is 3.03. The maximum absolute atomic E-state index is 11.0. The molecule has 0 bridgehead atoms. The molecule has 21 heavy (non-hydrogen) atoms. The first-order chi connectivity index (χ1) is 7.75. The van der Waals surface area contributed by atoms with Gasteiger partial charge in [-0.3, -0.25) is 9.59 Å². The van der Waals surface area contributed by atoms with Crippen LogP contribution in [0.3, 0.4) is 0 Å². The van der Waals surface area contributed by atoms with Crippen LogP contribution in [0.2, 0.25) is 0 Å². The zero-order valence-electron chi connectivity index (χ0n) is 8.53. The van der Waals surface area contributed by atoms with Gasteiger partial charge in [0.1, 0.15) is 6.04 Å². The van der Waals surface area contributed by atoms with Crippen LogP contribution < -0.4 is 5.73 Å². The van der Waals surface area contributed by atoms with Crippen molar-refractivity contribution in [3.05, 3.63) is 0 Å². The molecule has 0 aromatic carbocycles. The van der Waals surface area contributed by atoms with Gasteiger partial charge in [-0.05, 0) is 6.42 Å². The van der Waals surface area contributed by atoms with E-state index in [0.29, 0.717) is 0 Å². The van der Waals surface area contributed by atoms with Crippen molar-refractivity contribution in [2.75, 3.05) is 0 Å². The van der Waals surface area contributed by atoms with Gasteiger partial charge in [0.25, 0.3) is 6.10 Å². The molecule has 0 aromatic rings. The van der Waals surface area contributed by atoms with E-state index in [-0.39, 0.29) is 125 Å². The van der Waals surface area contributed by atoms with Crippen LogP contribution in [0.4, 0.5) is 0 Å². The zero-order chi connectivity index (χ0) is 13.6. The van der Waals surface area contributed by atoms with Crippen molar-refractivity contribution in [2.24, 2.45) is 5.73 Å². The van der Waals surface area contributed by atoms with Gasteiger partial charge in [0.15, 0.2) is 0 Å². The molecule has 0 rings (SSSR count). The van der Waals surface area contributed by atoms with Crippen molar-refractivity contribution in [3.8, 4) is 0 Å². The van der Waals surface area contributed by atoms with Crippen molar-refractivity contribution >= 4 is 142 Å². The Kier molecular flexibility index (Phi) is 29.6. The Morgan fingerprint density at radius 2 is 1.24 bits per heavy atom. The molecule has 0 aliphatic carbocycles. The summed E-state index contributed by atoms with van der Waals surface area (Å²) >= 11 is 0. The van der Waals surface area contributed by atoms with Gasteiger partial charge in [0, 0.05) is 6.42 Å². The first kappa shape index (κ1) is 34.2. The van der Waals surface area contributed by atoms with E-state index >= 15 is 0 Å². The number of nitrogens with two attached hydrogens (primary N) is 1. The third-order valence-electron chi connectivity index (χ3n) is 1.67. The summed E-state index contributed by atoms with van der Waals surface area (Å²) in [5.74, 6) is -6.12. The van der Waals surface area contributed by atoms with Gasteiger partial charge in [-0.25, -0.2) is 9.59 Å². The van der Waals surface area contributed by atoms with E-state index in [1.54, 1.807) is 0 Å². The molecule has 0 unspecified atom stereocenters. The fraction of sp³-hybridized carbons (Fsp3) is 0.500. The Balaban J connectivity index is -0.000000213. The van der Waals surface area contributed by atoms with Gasteiger partial charge in [0.2, 0.25) is 0 Å². The van der Waals surface area contributed by atoms with E-state index in [1.165, 1.54) is 0 Å². The molecule has 5 N–H and O–H groups in total. The molecule has 0 amide bonds. The Bertz CT molecular complexity index is 339. The van der Waals surface area contributed by atoms with E-state index in [9.17, 15) is 19.2 Å². The Hall–Kier alpha value is 1.84. The van der Waals surface area contributed by atoms with E-state index in [2.05, 4.69) is 4.74 Å². The van der Waals surface area contributed by atoms with Crippen molar-refractivity contribution < 1.29 is 39.2 Å². The number of hydrogen-bond acceptors (Lipinski definition) is 6. The number of ether oxygens (including phenoxy) is 1. The van der Waals surface area contributed by atoms with Crippen molar-refractivity contribution in [1.82, 2.24) is 0 Å². The number of carboxylic acids is 3. The molecule has 0 fully saturated rings. The fourth-order valence-electron chi connectivity index (χ4n) is 0.794. The molecule has 0 aliphatic rings. The summed E-state index contributed by atoms with van der Waals surface area (Å²) in [6.07, 6.45) is -3.06. The van der Waals surface area contributed by atoms with Crippen LogP contribution in [-0.4, -0.2) is 170 Å². The van der Waals surface area contributed by atoms with E-state index < -0.39 is 42.4 Å². The summed E-state index contributed by atoms with van der Waals surface area (Å²) in [7, 11) is 0. The zero-order valence-corrected chi connectivity index (χ0v) is 8.53. The topological polar surface area (TPSA) is 164 Å². The molecule has 0 spiro atoms. The number of hydrogen-bond donors (Lipinski definition) is 4. The Labute approximate surface area is 208 Å². The number of aliphatic carboxylic acids is 3. The van der Waals surface area contributed by atoms with Crippen molar-refractivity contribution in [1.29, 1.82) is 0 Å². The van der Waals surface area contributed by atoms with Crippen LogP contribution in [0.25, 0.3) is 0 Å². The summed E-state index contributed by atoms with van der Waals surface area (Å²) in [6.45, 7) is 0. The molecule has 0 heterocycles. The van der Waals surface area contributed by atoms with Crippen LogP contribution in [0.5, 0.6) is 0 Å². The Morgan fingerprint density at radius 3 is 1.52 bits per heavy atom. The molecular formula is C8H15NNa4O8. The average Bonchev–Trinajstić information content (AvgIpc) is 2.21. The van der Waals surface area contributed by atoms with Gasteiger partial charge in [-0.15, -0.1) is 0 Å². The normalized spacial score (nSPS) is 9.62. The van der Waals surface area contributed by atoms with Crippen LogP contribution in [-0.2, 0) is 23.9 Å². The summed E-state index contributed by atoms with van der Waals surface area (Å²) in [6, 6.07) is -1.30. The Morgan fingerprint density at radius 1 is 0.857 bits per heavy atom. The van der Waals surface area contributed by atoms with Crippen LogP contribution >= 0.6 is 0 Å². The molecule has 1 atom stereocenters. The summed E-state index contributed by atoms with van der Waals surface area (Å²) in [4.78, 5) is 42.0. The van der Waals surface area contributed by atoms with Gasteiger partial charge >= 0.3 is 142 Å². The molecular weight excluding hydrogens is 330 g/mol. The average molecular weight is 345 g/mol. The SMILES string of the molecule is N[C@@H](CCC(=O)OC(C(=O)O)C(=O)O)C(=O)O.[NaH].[NaH].[NaH].[NaH]. The van der Waals surface area contributed by atoms with Crippen molar-refractivity contribution in [2.45, 2.75) is 25.0 Å². The predicted molar refractivity (Wildman–Crippen MR) is 78.6 cm³/mol. The maximum atomic E-state index is 11.0. The quantitative estimate of drug-likeness (QED) is 0.203. The minimum absolute atomic E-state index is 0. The molecule has 104 valence electrons. The molecule has 0 saturated heterocycles. The van der Waals surface area contributed by atoms with Gasteiger partial charge in [-0.2, -0.15) is 0 Å². The molecule has 9 nitrogen and oxygen atoms in total. The van der Waals surface area contributed by atoms with E-state index in [0.717, 1.165) is 0 Å². The third kappa shape index (κ3) is 16.5. The molecule has 0 saturated carbocycles. The monoisotopic (exact) mass is 345 g/mol. The predicted octanol–water partition coefficient (Wildman–Crippen LogP) is -4.33. The fourth-order valence-corrected chi connectivity index (χ4v) is 0.794. The van der Waals surface area contributed by atoms with Crippen LogP contribution in [0.1, 0.15) is 12.8 Å². The number of esters is 1. The first-order valence-electron chi connectivity index (χ1n) is 4.39. The molecule has 13 heteroatoms. The number of carboxylic acid groups (broad SMARTS) is 3. The standard InChI is InChI=1S/C8H11NO8.4Na.4H/c9-3(6(11)12)1-2-4(10)17-5(7(13)14)8(15)16;;;;;;;;/h3,5H,1-2,9H2,(H,11,12)(H,13,14)(H,15,16);;;;;;;;/t3-;;;;;;;;/m0......../s1. The third-order valence-corrected chi connectivity index (χ3v) is 1.67. The summed E-state index contributed by atoms with van der Waals surface area (Å²) in [5.41, 5.74) is 5.08. The van der Waals surface area contributed by atoms with Crippen molar-refractivity contribution in [3.63, 3.8) is 0 Å². The molecule has 0 aliphatic heterocycles. The second kappa shape index (κ2) is 18.2. The minimum atomic E-state index is -2.30. The van der Waals surface area contributed by atoms with E-state index in [1.807, 2.05) is 0 Å². The van der Waals surface area contributed by atoms with Crippen LogP contribution in [0.15, 0.2) is 0 Å². The molecule has 0 aromatic heterocycles. The number of rotatable bonds is 7. The van der Waals surface area contributed by atoms with Gasteiger partial charge in [0.05, 0.1) is 0 Å². The van der Waals surface area contributed by atoms with E-state index in [4.69, 9.17) is 21.1 Å². The first-order valence-corrected chi connectivity index (χ1v) is 4.39. The summed E-state index contributed by atoms with van der Waals surface area (Å²) < 4.78 is 4.12. The van der Waals surface area contributed by atoms with Gasteiger partial charge in [-0.1, -0.05) is 0 Å². The summed E-state index contributed by atoms with van der Waals surface area (Å²) in [5, 5.41) is 25.2.